The van der Waals surface area contributed by atoms with Crippen LogP contribution in [-0.4, -0.2) is 33.4 Å². The van der Waals surface area contributed by atoms with Crippen molar-refractivity contribution in [2.75, 3.05) is 14.2 Å². The topological polar surface area (TPSA) is 99.5 Å². The molecule has 0 saturated heterocycles. The third-order valence-electron chi connectivity index (χ3n) is 3.43. The van der Waals surface area contributed by atoms with Crippen LogP contribution in [0.25, 0.3) is 0 Å². The van der Waals surface area contributed by atoms with E-state index < -0.39 is 10.0 Å². The Morgan fingerprint density at radius 2 is 1.92 bits per heavy atom. The molecule has 0 aliphatic carbocycles. The van der Waals surface area contributed by atoms with Crippen LogP contribution in [-0.2, 0) is 21.4 Å². The van der Waals surface area contributed by atoms with Gasteiger partial charge in [-0.3, -0.25) is 9.63 Å². The van der Waals surface area contributed by atoms with E-state index in [1.165, 1.54) is 36.3 Å². The Morgan fingerprint density at radius 3 is 2.52 bits per heavy atom. The van der Waals surface area contributed by atoms with E-state index in [0.717, 1.165) is 5.56 Å². The largest absolute Gasteiger partial charge is 0.337 e. The van der Waals surface area contributed by atoms with E-state index in [2.05, 4.69) is 10.9 Å². The lowest BCUT2D eigenvalue weighted by atomic mass is 10.1. The van der Waals surface area contributed by atoms with Crippen LogP contribution in [0.2, 0.25) is 0 Å². The molecule has 0 aliphatic heterocycles. The van der Waals surface area contributed by atoms with Gasteiger partial charge in [0, 0.05) is 19.2 Å². The molecule has 0 spiro atoms. The van der Waals surface area contributed by atoms with Crippen LogP contribution >= 0.6 is 0 Å². The summed E-state index contributed by atoms with van der Waals surface area (Å²) in [6.07, 6.45) is 0. The Bertz CT molecular complexity index is 902. The summed E-state index contributed by atoms with van der Waals surface area (Å²) in [6.45, 7) is 0.333. The first-order valence-electron chi connectivity index (χ1n) is 7.27. The van der Waals surface area contributed by atoms with Crippen LogP contribution in [0.5, 0.6) is 0 Å². The van der Waals surface area contributed by atoms with Gasteiger partial charge in [-0.1, -0.05) is 17.0 Å². The van der Waals surface area contributed by atoms with E-state index in [1.54, 1.807) is 25.2 Å². The first kappa shape index (κ1) is 18.6. The highest BCUT2D eigenvalue weighted by Crippen LogP contribution is 2.14. The van der Waals surface area contributed by atoms with Crippen molar-refractivity contribution < 1.29 is 18.0 Å². The highest BCUT2D eigenvalue weighted by atomic mass is 32.2. The molecule has 8 heteroatoms. The Morgan fingerprint density at radius 1 is 1.24 bits per heavy atom. The fourth-order valence-electron chi connectivity index (χ4n) is 2.24. The van der Waals surface area contributed by atoms with Crippen molar-refractivity contribution in [1.29, 1.82) is 5.26 Å². The van der Waals surface area contributed by atoms with Gasteiger partial charge < -0.3 is 4.90 Å². The summed E-state index contributed by atoms with van der Waals surface area (Å²) in [7, 11) is -0.920. The zero-order valence-electron chi connectivity index (χ0n) is 13.8. The second-order valence-electron chi connectivity index (χ2n) is 5.29. The van der Waals surface area contributed by atoms with Crippen molar-refractivity contribution in [3.8, 4) is 6.07 Å². The number of benzene rings is 2. The van der Waals surface area contributed by atoms with Crippen LogP contribution < -0.4 is 4.89 Å². The van der Waals surface area contributed by atoms with Crippen LogP contribution in [0.1, 0.15) is 21.5 Å². The SMILES string of the molecule is CONS(=O)(=O)c1ccc(C(=O)N(C)Cc2cccc(C#N)c2)cc1. The van der Waals surface area contributed by atoms with Crippen molar-refractivity contribution in [2.24, 2.45) is 0 Å². The van der Waals surface area contributed by atoms with E-state index in [0.29, 0.717) is 17.7 Å². The molecule has 0 heterocycles. The lowest BCUT2D eigenvalue weighted by molar-refractivity contribution is 0.0785. The van der Waals surface area contributed by atoms with Gasteiger partial charge >= 0.3 is 0 Å². The number of nitriles is 1. The number of hydrogen-bond donors (Lipinski definition) is 1. The maximum Gasteiger partial charge on any atom is 0.262 e. The van der Waals surface area contributed by atoms with Gasteiger partial charge in [-0.2, -0.15) is 5.26 Å². The molecule has 0 bridgehead atoms. The van der Waals surface area contributed by atoms with Crippen molar-refractivity contribution in [1.82, 2.24) is 9.79 Å². The number of rotatable bonds is 6. The smallest absolute Gasteiger partial charge is 0.262 e. The minimum atomic E-state index is -3.76. The van der Waals surface area contributed by atoms with Gasteiger partial charge in [-0.25, -0.2) is 8.42 Å². The summed E-state index contributed by atoms with van der Waals surface area (Å²) in [5, 5.41) is 8.92. The maximum atomic E-state index is 12.5. The third-order valence-corrected chi connectivity index (χ3v) is 4.71. The molecule has 0 fully saturated rings. The van der Waals surface area contributed by atoms with Crippen molar-refractivity contribution >= 4 is 15.9 Å². The van der Waals surface area contributed by atoms with Gasteiger partial charge in [0.1, 0.15) is 0 Å². The maximum absolute atomic E-state index is 12.5. The summed E-state index contributed by atoms with van der Waals surface area (Å²) in [6, 6.07) is 14.6. The lowest BCUT2D eigenvalue weighted by Gasteiger charge is -2.17. The summed E-state index contributed by atoms with van der Waals surface area (Å²) >= 11 is 0. The third kappa shape index (κ3) is 4.64. The molecule has 130 valence electrons. The molecular formula is C17H17N3O4S. The van der Waals surface area contributed by atoms with E-state index >= 15 is 0 Å². The van der Waals surface area contributed by atoms with Crippen LogP contribution in [0.4, 0.5) is 0 Å². The molecule has 7 nitrogen and oxygen atoms in total. The monoisotopic (exact) mass is 359 g/mol. The summed E-state index contributed by atoms with van der Waals surface area (Å²) in [5.41, 5.74) is 1.72. The van der Waals surface area contributed by atoms with E-state index in [4.69, 9.17) is 5.26 Å². The summed E-state index contributed by atoms with van der Waals surface area (Å²) in [5.74, 6) is -0.258. The Kier molecular flexibility index (Phi) is 5.88. The Balaban J connectivity index is 2.13. The zero-order valence-corrected chi connectivity index (χ0v) is 14.6. The molecule has 2 aromatic rings. The fourth-order valence-corrected chi connectivity index (χ4v) is 3.05. The molecule has 1 amide bonds. The normalized spacial score (nSPS) is 10.9. The first-order chi connectivity index (χ1) is 11.9. The first-order valence-corrected chi connectivity index (χ1v) is 8.75. The second kappa shape index (κ2) is 7.90. The number of hydrogen-bond acceptors (Lipinski definition) is 5. The van der Waals surface area contributed by atoms with Gasteiger partial charge in [0.25, 0.3) is 15.9 Å². The molecule has 0 radical (unpaired) electrons. The molecule has 2 aromatic carbocycles. The molecule has 0 aromatic heterocycles. The van der Waals surface area contributed by atoms with E-state index in [1.807, 2.05) is 11.0 Å². The van der Waals surface area contributed by atoms with Crippen molar-refractivity contribution in [2.45, 2.75) is 11.4 Å². The highest BCUT2D eigenvalue weighted by Gasteiger charge is 2.16. The molecule has 0 saturated carbocycles. The minimum Gasteiger partial charge on any atom is -0.337 e. The van der Waals surface area contributed by atoms with Gasteiger partial charge in [-0.15, -0.1) is 0 Å². The summed E-state index contributed by atoms with van der Waals surface area (Å²) < 4.78 is 23.6. The quantitative estimate of drug-likeness (QED) is 0.791. The molecule has 0 atom stereocenters. The van der Waals surface area contributed by atoms with Crippen LogP contribution in [0.3, 0.4) is 0 Å². The number of carbonyl (C=O) groups is 1. The number of nitrogens with one attached hydrogen (secondary N) is 1. The van der Waals surface area contributed by atoms with Crippen LogP contribution in [0, 0.1) is 11.3 Å². The summed E-state index contributed by atoms with van der Waals surface area (Å²) in [4.78, 5) is 20.3. The van der Waals surface area contributed by atoms with E-state index in [9.17, 15) is 13.2 Å². The van der Waals surface area contributed by atoms with Crippen LogP contribution in [0.15, 0.2) is 53.4 Å². The predicted molar refractivity (Wildman–Crippen MR) is 90.7 cm³/mol. The molecule has 2 rings (SSSR count). The van der Waals surface area contributed by atoms with E-state index in [-0.39, 0.29) is 10.8 Å². The van der Waals surface area contributed by atoms with Gasteiger partial charge in [0.05, 0.1) is 23.6 Å². The highest BCUT2D eigenvalue weighted by molar-refractivity contribution is 7.89. The average Bonchev–Trinajstić information content (AvgIpc) is 2.61. The van der Waals surface area contributed by atoms with Gasteiger partial charge in [0.2, 0.25) is 0 Å². The molecular weight excluding hydrogens is 342 g/mol. The number of amides is 1. The second-order valence-corrected chi connectivity index (χ2v) is 6.93. The number of nitrogens with zero attached hydrogens (tertiary/aromatic N) is 2. The predicted octanol–water partition coefficient (Wildman–Crippen LogP) is 1.67. The van der Waals surface area contributed by atoms with Crippen molar-refractivity contribution in [3.05, 3.63) is 65.2 Å². The molecule has 0 aliphatic rings. The lowest BCUT2D eigenvalue weighted by Crippen LogP contribution is -2.26. The standard InChI is InChI=1S/C17H17N3O4S/c1-20(12-14-5-3-4-13(10-14)11-18)17(21)15-6-8-16(9-7-15)25(22,23)19-24-2/h3-10,19H,12H2,1-2H3. The Hall–Kier alpha value is -2.73. The fraction of sp³-hybridized carbons (Fsp3) is 0.176. The van der Waals surface area contributed by atoms with Gasteiger partial charge in [-0.05, 0) is 42.0 Å². The molecule has 0 unspecified atom stereocenters. The zero-order chi connectivity index (χ0) is 18.4. The number of carbonyl (C=O) groups excluding carboxylic acids is 1. The van der Waals surface area contributed by atoms with Crippen molar-refractivity contribution in [3.63, 3.8) is 0 Å². The van der Waals surface area contributed by atoms with Gasteiger partial charge in [0.15, 0.2) is 0 Å². The molecule has 1 N–H and O–H groups in total. The minimum absolute atomic E-state index is 0.00438. The molecule has 25 heavy (non-hydrogen) atoms. The Labute approximate surface area is 146 Å². The number of sulfonamides is 1. The average molecular weight is 359 g/mol.